The van der Waals surface area contributed by atoms with Gasteiger partial charge in [0, 0.05) is 37.0 Å². The highest BCUT2D eigenvalue weighted by molar-refractivity contribution is 5.92. The summed E-state index contributed by atoms with van der Waals surface area (Å²) >= 11 is 0. The summed E-state index contributed by atoms with van der Waals surface area (Å²) in [7, 11) is 0. The summed E-state index contributed by atoms with van der Waals surface area (Å²) in [5.74, 6) is 0.453. The molecule has 0 radical (unpaired) electrons. The summed E-state index contributed by atoms with van der Waals surface area (Å²) in [5.41, 5.74) is 0.909. The quantitative estimate of drug-likeness (QED) is 0.622. The summed E-state index contributed by atoms with van der Waals surface area (Å²) in [4.78, 5) is 38.2. The number of nitrogens with one attached hydrogen (secondary N) is 2. The normalized spacial score (nSPS) is 14.6. The molecule has 156 valence electrons. The number of furan rings is 1. The number of piperidine rings is 1. The molecule has 0 unspecified atom stereocenters. The minimum absolute atomic E-state index is 0.0611. The van der Waals surface area contributed by atoms with Gasteiger partial charge < -0.3 is 14.6 Å². The van der Waals surface area contributed by atoms with Crippen LogP contribution >= 0.6 is 0 Å². The van der Waals surface area contributed by atoms with Crippen molar-refractivity contribution in [3.05, 3.63) is 70.3 Å². The van der Waals surface area contributed by atoms with E-state index in [9.17, 15) is 14.4 Å². The maximum absolute atomic E-state index is 12.5. The Labute approximate surface area is 171 Å². The fourth-order valence-corrected chi connectivity index (χ4v) is 3.51. The molecule has 0 aliphatic carbocycles. The van der Waals surface area contributed by atoms with Gasteiger partial charge in [0.1, 0.15) is 18.0 Å². The Kier molecular flexibility index (Phi) is 5.73. The van der Waals surface area contributed by atoms with E-state index in [0.717, 1.165) is 23.2 Å². The van der Waals surface area contributed by atoms with Crippen LogP contribution in [-0.2, 0) is 17.9 Å². The number of carbonyl (C=O) groups excluding carboxylic acids is 2. The van der Waals surface area contributed by atoms with Crippen molar-refractivity contribution in [1.29, 1.82) is 0 Å². The van der Waals surface area contributed by atoms with Crippen molar-refractivity contribution in [3.63, 3.8) is 0 Å². The topological polar surface area (TPSA) is 126 Å². The van der Waals surface area contributed by atoms with Crippen LogP contribution in [0, 0.1) is 0 Å². The van der Waals surface area contributed by atoms with E-state index >= 15 is 0 Å². The molecule has 4 rings (SSSR count). The maximum Gasteiger partial charge on any atom is 0.272 e. The first kappa shape index (κ1) is 19.6. The molecule has 1 saturated heterocycles. The van der Waals surface area contributed by atoms with Crippen LogP contribution in [0.5, 0.6) is 0 Å². The molecule has 10 heteroatoms. The molecule has 1 aliphatic heterocycles. The largest absolute Gasteiger partial charge is 0.467 e. The predicted molar refractivity (Wildman–Crippen MR) is 106 cm³/mol. The number of aromatic amines is 1. The average molecular weight is 410 g/mol. The first-order chi connectivity index (χ1) is 14.6. The van der Waals surface area contributed by atoms with E-state index in [2.05, 4.69) is 20.6 Å². The van der Waals surface area contributed by atoms with Crippen molar-refractivity contribution < 1.29 is 14.0 Å². The number of hydrogen-bond acceptors (Lipinski definition) is 6. The molecule has 1 fully saturated rings. The molecular weight excluding hydrogens is 388 g/mol. The van der Waals surface area contributed by atoms with Crippen LogP contribution in [0.15, 0.2) is 52.0 Å². The second-order valence-electron chi connectivity index (χ2n) is 7.15. The van der Waals surface area contributed by atoms with Crippen LogP contribution in [0.2, 0.25) is 0 Å². The van der Waals surface area contributed by atoms with E-state index in [1.165, 1.54) is 12.3 Å². The van der Waals surface area contributed by atoms with Gasteiger partial charge >= 0.3 is 0 Å². The number of amides is 2. The predicted octanol–water partition coefficient (Wildman–Crippen LogP) is 0.896. The van der Waals surface area contributed by atoms with Crippen molar-refractivity contribution >= 4 is 11.8 Å². The number of rotatable bonds is 6. The third kappa shape index (κ3) is 4.48. The van der Waals surface area contributed by atoms with Crippen LogP contribution in [0.25, 0.3) is 0 Å². The van der Waals surface area contributed by atoms with Crippen LogP contribution in [-0.4, -0.2) is 49.8 Å². The van der Waals surface area contributed by atoms with Crippen LogP contribution in [0.3, 0.4) is 0 Å². The molecule has 0 saturated carbocycles. The summed E-state index contributed by atoms with van der Waals surface area (Å²) in [6.45, 7) is 1.39. The first-order valence-electron chi connectivity index (χ1n) is 9.76. The van der Waals surface area contributed by atoms with Gasteiger partial charge in [0.15, 0.2) is 0 Å². The number of likely N-dealkylation sites (tertiary alicyclic amines) is 1. The molecule has 2 amide bonds. The fraction of sp³-hybridized carbons (Fsp3) is 0.350. The Hall–Kier alpha value is -3.69. The van der Waals surface area contributed by atoms with Gasteiger partial charge in [-0.05, 0) is 37.1 Å². The molecule has 0 atom stereocenters. The first-order valence-corrected chi connectivity index (χ1v) is 9.76. The van der Waals surface area contributed by atoms with Gasteiger partial charge in [0.25, 0.3) is 11.5 Å². The van der Waals surface area contributed by atoms with Crippen LogP contribution < -0.4 is 10.9 Å². The second kappa shape index (κ2) is 8.76. The van der Waals surface area contributed by atoms with Gasteiger partial charge in [0.05, 0.1) is 12.8 Å². The molecular formula is C20H22N6O4. The fourth-order valence-electron chi connectivity index (χ4n) is 3.51. The molecule has 1 aliphatic rings. The van der Waals surface area contributed by atoms with Gasteiger partial charge in [-0.2, -0.15) is 10.2 Å². The number of aromatic nitrogens is 4. The molecule has 2 N–H and O–H groups in total. The number of carbonyl (C=O) groups is 2. The van der Waals surface area contributed by atoms with Gasteiger partial charge in [-0.3, -0.25) is 19.5 Å². The molecule has 30 heavy (non-hydrogen) atoms. The third-order valence-corrected chi connectivity index (χ3v) is 5.19. The van der Waals surface area contributed by atoms with E-state index in [1.807, 2.05) is 0 Å². The second-order valence-corrected chi connectivity index (χ2v) is 7.15. The molecule has 0 spiro atoms. The molecule has 4 heterocycles. The lowest BCUT2D eigenvalue weighted by atomic mass is 9.93. The summed E-state index contributed by atoms with van der Waals surface area (Å²) < 4.78 is 6.36. The minimum Gasteiger partial charge on any atom is -0.467 e. The Morgan fingerprint density at radius 2 is 2.07 bits per heavy atom. The zero-order chi connectivity index (χ0) is 20.9. The maximum atomic E-state index is 12.5. The highest BCUT2D eigenvalue weighted by Crippen LogP contribution is 2.27. The van der Waals surface area contributed by atoms with Crippen LogP contribution in [0.1, 0.15) is 40.7 Å². The lowest BCUT2D eigenvalue weighted by Gasteiger charge is -2.31. The molecule has 0 aromatic carbocycles. The number of hydrogen-bond donors (Lipinski definition) is 2. The highest BCUT2D eigenvalue weighted by atomic mass is 16.3. The summed E-state index contributed by atoms with van der Waals surface area (Å²) in [5, 5.41) is 13.8. The number of H-pyrrole nitrogens is 1. The van der Waals surface area contributed by atoms with E-state index < -0.39 is 0 Å². The van der Waals surface area contributed by atoms with Gasteiger partial charge in [-0.15, -0.1) is 0 Å². The SMILES string of the molecule is O=C(NCc1ccco1)c1cc(C2CCN(C(=O)Cn3ncccc3=O)CC2)[nH]n1. The van der Waals surface area contributed by atoms with Gasteiger partial charge in [0.2, 0.25) is 5.91 Å². The summed E-state index contributed by atoms with van der Waals surface area (Å²) in [6, 6.07) is 8.24. The molecule has 3 aromatic heterocycles. The highest BCUT2D eigenvalue weighted by Gasteiger charge is 2.26. The lowest BCUT2D eigenvalue weighted by Crippen LogP contribution is -2.41. The Morgan fingerprint density at radius 3 is 2.80 bits per heavy atom. The van der Waals surface area contributed by atoms with Crippen molar-refractivity contribution in [2.24, 2.45) is 0 Å². The zero-order valence-corrected chi connectivity index (χ0v) is 16.3. The standard InChI is InChI=1S/C20H22N6O4/c27-18-4-1-7-22-26(18)13-19(28)25-8-5-14(6-9-25)16-11-17(24-23-16)20(29)21-12-15-3-2-10-30-15/h1-4,7,10-11,14H,5-6,8-9,12-13H2,(H,21,29)(H,23,24). The zero-order valence-electron chi connectivity index (χ0n) is 16.3. The average Bonchev–Trinajstić information content (AvgIpc) is 3.46. The lowest BCUT2D eigenvalue weighted by molar-refractivity contribution is -0.133. The Morgan fingerprint density at radius 1 is 1.23 bits per heavy atom. The van der Waals surface area contributed by atoms with E-state index in [-0.39, 0.29) is 29.8 Å². The van der Waals surface area contributed by atoms with E-state index in [1.54, 1.807) is 35.4 Å². The molecule has 10 nitrogen and oxygen atoms in total. The van der Waals surface area contributed by atoms with Crippen molar-refractivity contribution in [2.45, 2.75) is 31.8 Å². The van der Waals surface area contributed by atoms with Gasteiger partial charge in [-0.25, -0.2) is 4.68 Å². The Balaban J connectivity index is 1.29. The minimum atomic E-state index is -0.295. The van der Waals surface area contributed by atoms with E-state index in [0.29, 0.717) is 31.1 Å². The summed E-state index contributed by atoms with van der Waals surface area (Å²) in [6.07, 6.45) is 4.54. The monoisotopic (exact) mass is 410 g/mol. The molecule has 0 bridgehead atoms. The Bertz CT molecular complexity index is 1060. The molecule has 3 aromatic rings. The smallest absolute Gasteiger partial charge is 0.272 e. The van der Waals surface area contributed by atoms with E-state index in [4.69, 9.17) is 4.42 Å². The van der Waals surface area contributed by atoms with Crippen molar-refractivity contribution in [1.82, 2.24) is 30.2 Å². The third-order valence-electron chi connectivity index (χ3n) is 5.19. The van der Waals surface area contributed by atoms with Crippen molar-refractivity contribution in [2.75, 3.05) is 13.1 Å². The van der Waals surface area contributed by atoms with Gasteiger partial charge in [-0.1, -0.05) is 0 Å². The number of nitrogens with zero attached hydrogens (tertiary/aromatic N) is 4. The van der Waals surface area contributed by atoms with Crippen molar-refractivity contribution in [3.8, 4) is 0 Å². The van der Waals surface area contributed by atoms with Crippen LogP contribution in [0.4, 0.5) is 0 Å².